The first-order valence-corrected chi connectivity index (χ1v) is 14.0. The Hall–Kier alpha value is -2.93. The predicted octanol–water partition coefficient (Wildman–Crippen LogP) is 4.68. The summed E-state index contributed by atoms with van der Waals surface area (Å²) >= 11 is 0. The number of amidine groups is 1. The van der Waals surface area contributed by atoms with E-state index in [4.69, 9.17) is 0 Å². The highest BCUT2D eigenvalue weighted by Crippen LogP contribution is 2.36. The number of rotatable bonds is 3. The van der Waals surface area contributed by atoms with Gasteiger partial charge >= 0.3 is 0 Å². The number of fused-ring (bicyclic) bond motifs is 1. The second-order valence-electron chi connectivity index (χ2n) is 10.1. The molecule has 5 rings (SSSR count). The van der Waals surface area contributed by atoms with Crippen molar-refractivity contribution >= 4 is 26.7 Å². The fourth-order valence-electron chi connectivity index (χ4n) is 5.61. The van der Waals surface area contributed by atoms with Gasteiger partial charge in [-0.15, -0.1) is 4.40 Å². The molecule has 2 aliphatic heterocycles. The summed E-state index contributed by atoms with van der Waals surface area (Å²) in [6, 6.07) is 14.2. The van der Waals surface area contributed by atoms with Crippen LogP contribution in [-0.4, -0.2) is 38.2 Å². The minimum atomic E-state index is -3.75. The van der Waals surface area contributed by atoms with Gasteiger partial charge in [0.2, 0.25) is 5.91 Å². The van der Waals surface area contributed by atoms with Gasteiger partial charge in [0.25, 0.3) is 10.0 Å². The topological polar surface area (TPSA) is 78.8 Å². The zero-order valence-corrected chi connectivity index (χ0v) is 21.5. The second kappa shape index (κ2) is 9.26. The molecule has 2 heterocycles. The number of amides is 1. The number of benzene rings is 2. The number of nitrogens with one attached hydrogen (secondary N) is 1. The molecule has 0 bridgehead atoms. The van der Waals surface area contributed by atoms with Crippen molar-refractivity contribution in [2.24, 2.45) is 10.3 Å². The van der Waals surface area contributed by atoms with Crippen molar-refractivity contribution in [3.05, 3.63) is 75.9 Å². The lowest BCUT2D eigenvalue weighted by Crippen LogP contribution is -2.44. The third-order valence-electron chi connectivity index (χ3n) is 7.76. The molecule has 3 aliphatic rings. The number of carbonyl (C=O) groups is 1. The Morgan fingerprint density at radius 3 is 2.49 bits per heavy atom. The number of piperidine rings is 1. The summed E-state index contributed by atoms with van der Waals surface area (Å²) in [5.41, 5.74) is 6.14. The van der Waals surface area contributed by atoms with Crippen LogP contribution in [-0.2, 0) is 21.2 Å². The first-order chi connectivity index (χ1) is 16.7. The normalized spacial score (nSPS) is 22.1. The number of hydrogen-bond donors (Lipinski definition) is 1. The molecular formula is C28H33N3O3S. The molecule has 7 heteroatoms. The number of carbonyl (C=O) groups excluding carboxylic acids is 1. The van der Waals surface area contributed by atoms with Crippen LogP contribution < -0.4 is 5.32 Å². The highest BCUT2D eigenvalue weighted by molar-refractivity contribution is 8.00. The second-order valence-corrected chi connectivity index (χ2v) is 11.6. The van der Waals surface area contributed by atoms with Crippen molar-refractivity contribution in [3.8, 4) is 0 Å². The lowest BCUT2D eigenvalue weighted by Gasteiger charge is -2.34. The molecule has 2 aromatic carbocycles. The quantitative estimate of drug-likeness (QED) is 0.676. The standard InChI is InChI=1S/C28H33N3O3S/c1-18-11-12-23(17-19(18)2)26-20(3)27(30-35(26,33)34)31-15-13-22(14-16-31)28(32)29-25-10-6-8-21-7-4-5-9-24(21)25/h4-5,7,9,11-12,17,22,25H,6,8,10,13-16H2,1-3H3,(H,29,32). The van der Waals surface area contributed by atoms with Gasteiger partial charge in [0.15, 0.2) is 0 Å². The van der Waals surface area contributed by atoms with Crippen molar-refractivity contribution in [1.29, 1.82) is 0 Å². The molecule has 0 aromatic heterocycles. The van der Waals surface area contributed by atoms with Gasteiger partial charge in [-0.05, 0) is 80.7 Å². The highest BCUT2D eigenvalue weighted by atomic mass is 32.2. The van der Waals surface area contributed by atoms with Crippen LogP contribution in [0.1, 0.15) is 66.5 Å². The molecule has 0 radical (unpaired) electrons. The maximum Gasteiger partial charge on any atom is 0.285 e. The molecule has 0 spiro atoms. The number of hydrogen-bond acceptors (Lipinski definition) is 4. The van der Waals surface area contributed by atoms with E-state index >= 15 is 0 Å². The van der Waals surface area contributed by atoms with E-state index in [2.05, 4.69) is 27.9 Å². The van der Waals surface area contributed by atoms with E-state index in [0.717, 1.165) is 30.4 Å². The summed E-state index contributed by atoms with van der Waals surface area (Å²) < 4.78 is 30.1. The molecule has 184 valence electrons. The number of sulfonamides is 1. The minimum Gasteiger partial charge on any atom is -0.356 e. The van der Waals surface area contributed by atoms with Crippen molar-refractivity contribution in [2.75, 3.05) is 13.1 Å². The van der Waals surface area contributed by atoms with Crippen molar-refractivity contribution < 1.29 is 13.2 Å². The minimum absolute atomic E-state index is 0.0672. The summed E-state index contributed by atoms with van der Waals surface area (Å²) in [6.45, 7) is 7.07. The molecular weight excluding hydrogens is 458 g/mol. The van der Waals surface area contributed by atoms with E-state index in [0.29, 0.717) is 47.8 Å². The van der Waals surface area contributed by atoms with Gasteiger partial charge in [0.1, 0.15) is 10.7 Å². The monoisotopic (exact) mass is 491 g/mol. The lowest BCUT2D eigenvalue weighted by atomic mass is 9.87. The zero-order chi connectivity index (χ0) is 24.7. The van der Waals surface area contributed by atoms with E-state index < -0.39 is 10.0 Å². The molecule has 6 nitrogen and oxygen atoms in total. The van der Waals surface area contributed by atoms with Crippen LogP contribution in [0.3, 0.4) is 0 Å². The van der Waals surface area contributed by atoms with Crippen LogP contribution in [0.4, 0.5) is 0 Å². The van der Waals surface area contributed by atoms with Crippen LogP contribution in [0.15, 0.2) is 52.4 Å². The average molecular weight is 492 g/mol. The summed E-state index contributed by atoms with van der Waals surface area (Å²) in [4.78, 5) is 15.4. The fraction of sp³-hybridized carbons (Fsp3) is 0.429. The van der Waals surface area contributed by atoms with Crippen molar-refractivity contribution in [2.45, 2.75) is 58.9 Å². The summed E-state index contributed by atoms with van der Waals surface area (Å²) in [7, 11) is -3.75. The van der Waals surface area contributed by atoms with E-state index in [1.54, 1.807) is 0 Å². The number of nitrogens with zero attached hydrogens (tertiary/aromatic N) is 2. The Bertz CT molecular complexity index is 1330. The third kappa shape index (κ3) is 4.54. The molecule has 2 aromatic rings. The van der Waals surface area contributed by atoms with E-state index in [9.17, 15) is 13.2 Å². The van der Waals surface area contributed by atoms with E-state index in [-0.39, 0.29) is 17.9 Å². The van der Waals surface area contributed by atoms with Crippen LogP contribution in [0.5, 0.6) is 0 Å². The molecule has 35 heavy (non-hydrogen) atoms. The van der Waals surface area contributed by atoms with Gasteiger partial charge in [-0.1, -0.05) is 42.5 Å². The van der Waals surface area contributed by atoms with Crippen LogP contribution in [0, 0.1) is 19.8 Å². The Morgan fingerprint density at radius 2 is 1.74 bits per heavy atom. The van der Waals surface area contributed by atoms with E-state index in [1.165, 1.54) is 11.1 Å². The molecule has 1 atom stereocenters. The predicted molar refractivity (Wildman–Crippen MR) is 139 cm³/mol. The van der Waals surface area contributed by atoms with Crippen molar-refractivity contribution in [3.63, 3.8) is 0 Å². The maximum atomic E-state index is 13.1. The summed E-state index contributed by atoms with van der Waals surface area (Å²) in [5, 5.41) is 3.30. The van der Waals surface area contributed by atoms with Gasteiger partial charge in [-0.2, -0.15) is 8.42 Å². The molecule has 1 saturated heterocycles. The largest absolute Gasteiger partial charge is 0.356 e. The van der Waals surface area contributed by atoms with Gasteiger partial charge in [0.05, 0.1) is 6.04 Å². The maximum absolute atomic E-state index is 13.1. The molecule has 1 aliphatic carbocycles. The SMILES string of the molecule is CC1=C(c2ccc(C)c(C)c2)S(=O)(=O)N=C1N1CCC(C(=O)NC2CCCc3ccccc32)CC1. The van der Waals surface area contributed by atoms with Crippen LogP contribution in [0.25, 0.3) is 4.91 Å². The molecule has 1 N–H and O–H groups in total. The van der Waals surface area contributed by atoms with Crippen LogP contribution >= 0.6 is 0 Å². The van der Waals surface area contributed by atoms with Gasteiger partial charge in [-0.3, -0.25) is 4.79 Å². The Kier molecular flexibility index (Phi) is 6.30. The van der Waals surface area contributed by atoms with Gasteiger partial charge < -0.3 is 10.2 Å². The molecule has 1 amide bonds. The fourth-order valence-corrected chi connectivity index (χ4v) is 7.09. The Labute approximate surface area is 208 Å². The van der Waals surface area contributed by atoms with Gasteiger partial charge in [0, 0.05) is 24.6 Å². The third-order valence-corrected chi connectivity index (χ3v) is 9.23. The number of aryl methyl sites for hydroxylation is 3. The first-order valence-electron chi connectivity index (χ1n) is 12.5. The zero-order valence-electron chi connectivity index (χ0n) is 20.7. The Balaban J connectivity index is 1.27. The highest BCUT2D eigenvalue weighted by Gasteiger charge is 2.36. The smallest absolute Gasteiger partial charge is 0.285 e. The molecule has 0 saturated carbocycles. The number of likely N-dealkylation sites (tertiary alicyclic amines) is 1. The van der Waals surface area contributed by atoms with Gasteiger partial charge in [-0.25, -0.2) is 0 Å². The summed E-state index contributed by atoms with van der Waals surface area (Å²) in [5.74, 6) is 0.566. The van der Waals surface area contributed by atoms with Crippen molar-refractivity contribution in [1.82, 2.24) is 10.2 Å². The molecule has 1 unspecified atom stereocenters. The average Bonchev–Trinajstić information content (AvgIpc) is 3.09. The Morgan fingerprint density at radius 1 is 1.00 bits per heavy atom. The molecule has 1 fully saturated rings. The van der Waals surface area contributed by atoms with E-state index in [1.807, 2.05) is 49.9 Å². The van der Waals surface area contributed by atoms with Crippen LogP contribution in [0.2, 0.25) is 0 Å². The first kappa shape index (κ1) is 23.8. The summed E-state index contributed by atoms with van der Waals surface area (Å²) in [6.07, 6.45) is 4.50. The lowest BCUT2D eigenvalue weighted by molar-refractivity contribution is -0.127.